The van der Waals surface area contributed by atoms with Gasteiger partial charge in [0.2, 0.25) is 35.3 Å². The summed E-state index contributed by atoms with van der Waals surface area (Å²) in [6.07, 6.45) is 14.6. The van der Waals surface area contributed by atoms with Crippen LogP contribution in [0.3, 0.4) is 0 Å². The molecule has 0 atom stereocenters. The van der Waals surface area contributed by atoms with E-state index in [1.165, 1.54) is 93.3 Å². The van der Waals surface area contributed by atoms with E-state index in [2.05, 4.69) is 78.8 Å². The summed E-state index contributed by atoms with van der Waals surface area (Å²) in [7, 11) is 16.8. The minimum atomic E-state index is -0.590. The molecule has 0 aliphatic carbocycles. The monoisotopic (exact) mass is 1360 g/mol. The predicted molar refractivity (Wildman–Crippen MR) is 363 cm³/mol. The van der Waals surface area contributed by atoms with Crippen LogP contribution in [0.25, 0.3) is 0 Å². The number of anilines is 7. The fourth-order valence-corrected chi connectivity index (χ4v) is 10.1. The second-order valence-electron chi connectivity index (χ2n) is 23.5. The van der Waals surface area contributed by atoms with Crippen LogP contribution in [0.4, 0.5) is 40.1 Å². The molecule has 36 nitrogen and oxygen atoms in total. The molecule has 8 aromatic heterocycles. The lowest BCUT2D eigenvalue weighted by Gasteiger charge is -2.10. The summed E-state index contributed by atoms with van der Waals surface area (Å²) >= 11 is 0. The van der Waals surface area contributed by atoms with Gasteiger partial charge < -0.3 is 105 Å². The topological polar surface area (TPSA) is 431 Å². The van der Waals surface area contributed by atoms with Crippen LogP contribution in [0.2, 0.25) is 0 Å². The maximum atomic E-state index is 13.4. The first kappa shape index (κ1) is 72.5. The lowest BCUT2D eigenvalue weighted by Crippen LogP contribution is -2.32. The summed E-state index contributed by atoms with van der Waals surface area (Å²) in [5.74, 6) is -5.37. The van der Waals surface area contributed by atoms with Crippen molar-refractivity contribution in [1.29, 1.82) is 0 Å². The summed E-state index contributed by atoms with van der Waals surface area (Å²) in [6, 6.07) is 7.37. The Hall–Kier alpha value is -12.4. The van der Waals surface area contributed by atoms with Crippen LogP contribution in [-0.2, 0) is 75.6 Å². The molecule has 0 aromatic carbocycles. The molecule has 524 valence electrons. The Morgan fingerprint density at radius 1 is 0.333 bits per heavy atom. The van der Waals surface area contributed by atoms with Crippen molar-refractivity contribution in [3.63, 3.8) is 0 Å². The molecule has 0 saturated heterocycles. The van der Waals surface area contributed by atoms with Gasteiger partial charge in [-0.25, -0.2) is 15.0 Å². The summed E-state index contributed by atoms with van der Waals surface area (Å²) < 4.78 is 11.9. The van der Waals surface area contributed by atoms with Gasteiger partial charge in [-0.2, -0.15) is 0 Å². The van der Waals surface area contributed by atoms with Crippen LogP contribution in [0, 0.1) is 0 Å². The predicted octanol–water partition coefficient (Wildman–Crippen LogP) is 1.44. The van der Waals surface area contributed by atoms with Crippen molar-refractivity contribution in [2.45, 2.75) is 38.5 Å². The Bertz CT molecular complexity index is 4370. The second kappa shape index (κ2) is 32.9. The number of amides is 12. The number of hydrogen-bond donors (Lipinski definition) is 12. The molecule has 0 fully saturated rings. The van der Waals surface area contributed by atoms with E-state index in [-0.39, 0.29) is 122 Å². The van der Waals surface area contributed by atoms with E-state index in [4.69, 9.17) is 0 Å². The van der Waals surface area contributed by atoms with Gasteiger partial charge in [-0.15, -0.1) is 0 Å². The second-order valence-corrected chi connectivity index (χ2v) is 23.5. The minimum absolute atomic E-state index is 0.00140. The van der Waals surface area contributed by atoms with Crippen LogP contribution >= 0.6 is 0 Å². The fourth-order valence-electron chi connectivity index (χ4n) is 10.1. The van der Waals surface area contributed by atoms with Gasteiger partial charge in [0, 0.05) is 171 Å². The van der Waals surface area contributed by atoms with E-state index in [0.29, 0.717) is 35.0 Å². The number of carbonyl (C=O) groups is 12. The number of aromatic nitrogens is 11. The van der Waals surface area contributed by atoms with Gasteiger partial charge in [0.25, 0.3) is 47.3 Å². The fraction of sp³-hybridized carbons (Fsp3) is 0.349. The smallest absolute Gasteiger partial charge is 0.292 e. The normalized spacial score (nSPS) is 11.0. The average molecular weight is 1370 g/mol. The molecule has 99 heavy (non-hydrogen) atoms. The van der Waals surface area contributed by atoms with Gasteiger partial charge in [-0.3, -0.25) is 57.5 Å². The van der Waals surface area contributed by atoms with Crippen LogP contribution < -0.4 is 63.8 Å². The number of hydrogen-bond acceptors (Lipinski definition) is 16. The summed E-state index contributed by atoms with van der Waals surface area (Å²) in [5.41, 5.74) is 2.60. The highest BCUT2D eigenvalue weighted by molar-refractivity contribution is 6.08. The first-order valence-electron chi connectivity index (χ1n) is 31.1. The first-order chi connectivity index (χ1) is 47.1. The van der Waals surface area contributed by atoms with Crippen LogP contribution in [0.5, 0.6) is 0 Å². The lowest BCUT2D eigenvalue weighted by molar-refractivity contribution is -0.121. The molecule has 0 bridgehead atoms. The molecule has 36 heteroatoms. The van der Waals surface area contributed by atoms with Crippen molar-refractivity contribution in [3.8, 4) is 0 Å². The highest BCUT2D eigenvalue weighted by Crippen LogP contribution is 2.22. The zero-order chi connectivity index (χ0) is 71.8. The number of imidazole rings is 3. The molecular weight excluding hydrogens is 1280 g/mol. The number of rotatable bonds is 32. The van der Waals surface area contributed by atoms with E-state index in [1.54, 1.807) is 85.7 Å². The number of carbonyl (C=O) groups excluding carboxylic acids is 12. The molecule has 0 aliphatic rings. The molecule has 0 radical (unpaired) electrons. The minimum Gasteiger partial charge on any atom is -0.356 e. The van der Waals surface area contributed by atoms with Crippen molar-refractivity contribution in [2.24, 2.45) is 56.4 Å². The molecular formula is C63H80N24O12. The Morgan fingerprint density at radius 3 is 1.08 bits per heavy atom. The van der Waals surface area contributed by atoms with Gasteiger partial charge in [-0.1, -0.05) is 0 Å². The maximum absolute atomic E-state index is 13.4. The maximum Gasteiger partial charge on any atom is 0.292 e. The number of nitrogens with one attached hydrogen (secondary N) is 12. The Morgan fingerprint density at radius 2 is 0.677 bits per heavy atom. The van der Waals surface area contributed by atoms with Crippen molar-refractivity contribution >= 4 is 111 Å². The van der Waals surface area contributed by atoms with E-state index in [9.17, 15) is 57.5 Å². The third-order valence-electron chi connectivity index (χ3n) is 15.1. The molecule has 12 N–H and O–H groups in total. The largest absolute Gasteiger partial charge is 0.356 e. The Labute approximate surface area is 567 Å². The van der Waals surface area contributed by atoms with Crippen molar-refractivity contribution < 1.29 is 57.5 Å². The summed E-state index contributed by atoms with van der Waals surface area (Å²) in [6.45, 7) is 1.50. The Balaban J connectivity index is 0.700. The molecule has 0 aliphatic heterocycles. The molecule has 0 saturated carbocycles. The average Bonchev–Trinajstić information content (AvgIpc) is 1.70. The zero-order valence-corrected chi connectivity index (χ0v) is 56.3. The van der Waals surface area contributed by atoms with Crippen molar-refractivity contribution in [1.82, 2.24) is 83.0 Å². The van der Waals surface area contributed by atoms with Gasteiger partial charge in [0.15, 0.2) is 17.5 Å². The van der Waals surface area contributed by atoms with Crippen LogP contribution in [0.15, 0.2) is 86.1 Å². The van der Waals surface area contributed by atoms with Gasteiger partial charge in [0.05, 0.1) is 28.4 Å². The highest BCUT2D eigenvalue weighted by atomic mass is 16.2. The molecule has 8 rings (SSSR count). The number of aryl methyl sites for hydroxylation is 8. The van der Waals surface area contributed by atoms with Crippen LogP contribution in [0.1, 0.15) is 123 Å². The first-order valence-corrected chi connectivity index (χ1v) is 31.1. The van der Waals surface area contributed by atoms with E-state index >= 15 is 0 Å². The third-order valence-corrected chi connectivity index (χ3v) is 15.1. The summed E-state index contributed by atoms with van der Waals surface area (Å²) in [4.78, 5) is 170. The molecule has 0 unspecified atom stereocenters. The third kappa shape index (κ3) is 19.9. The van der Waals surface area contributed by atoms with Crippen molar-refractivity contribution in [2.75, 3.05) is 90.6 Å². The molecule has 8 heterocycles. The SMILES string of the molecule is CN(C)CCCNC(=O)CCNC(=O)c1cc(NC(=O)c2cc(NC(=O)CCNC(=O)c3cc(NC(=O)c4cc(NC(=O)CCCNC(=O)c5nc(NC(=O)c6cc(NC(=O)CCNC(=O)c7nc(NC(=O)c8nccn8C)cn7C)cn6C)cn5C)cn4C)cn3C)cn2C)cn1C. The van der Waals surface area contributed by atoms with Gasteiger partial charge in [0.1, 0.15) is 28.5 Å². The number of nitrogens with zero attached hydrogens (tertiary/aromatic N) is 12. The van der Waals surface area contributed by atoms with Gasteiger partial charge in [-0.05, 0) is 63.8 Å². The Kier molecular flexibility index (Phi) is 24.0. The van der Waals surface area contributed by atoms with Crippen molar-refractivity contribution in [3.05, 3.63) is 132 Å². The zero-order valence-electron chi connectivity index (χ0n) is 56.3. The molecule has 8 aromatic rings. The standard InChI is InChI=1S/C63H80N24O12/c1-79(2)23-12-18-64-49(88)14-19-67-56(92)42-28-40(33-81(42)4)74-59(95)45-26-38(31-84(45)7)71-51(90)15-20-68-57(93)43-29-41(34-82(43)5)73-58(94)44-25-37(30-83(44)6)70-50(89)13-11-17-66-61(97)54-75-47(35-86(54)9)77-60(96)46-27-39(32-85(46)8)72-52(91)16-21-69-62(98)55-76-48(36-87(55)10)78-63(99)53-65-22-24-80(53)3/h22,24-36H,11-21,23H2,1-10H3,(H,64,88)(H,66,97)(H,67,92)(H,68,93)(H,69,98)(H,70,89)(H,71,90)(H,72,91)(H,73,94)(H,74,95)(H,77,96)(H,78,99). The highest BCUT2D eigenvalue weighted by Gasteiger charge is 2.24. The molecule has 0 spiro atoms. The summed E-state index contributed by atoms with van der Waals surface area (Å²) in [5, 5.41) is 32.5. The quantitative estimate of drug-likeness (QED) is 0.0266. The van der Waals surface area contributed by atoms with Crippen LogP contribution in [-0.4, -0.2) is 181 Å². The lowest BCUT2D eigenvalue weighted by atomic mass is 10.3. The molecule has 12 amide bonds. The van der Waals surface area contributed by atoms with Gasteiger partial charge >= 0.3 is 0 Å². The van der Waals surface area contributed by atoms with E-state index in [1.807, 2.05) is 19.0 Å². The van der Waals surface area contributed by atoms with E-state index < -0.39 is 65.0 Å². The van der Waals surface area contributed by atoms with E-state index in [0.717, 1.165) is 13.0 Å².